The van der Waals surface area contributed by atoms with Crippen LogP contribution in [0.2, 0.25) is 0 Å². The van der Waals surface area contributed by atoms with E-state index >= 15 is 0 Å². The van der Waals surface area contributed by atoms with Crippen molar-refractivity contribution in [2.75, 3.05) is 0 Å². The maximum atomic E-state index is 11.4. The van der Waals surface area contributed by atoms with E-state index in [4.69, 9.17) is 10.1 Å². The van der Waals surface area contributed by atoms with E-state index in [2.05, 4.69) is 4.79 Å². The molecule has 1 aliphatic carbocycles. The van der Waals surface area contributed by atoms with E-state index in [1.807, 2.05) is 0 Å². The number of rotatable bonds is 1. The highest BCUT2D eigenvalue weighted by Crippen LogP contribution is 2.23. The fourth-order valence-corrected chi connectivity index (χ4v) is 2.11. The molecule has 0 saturated heterocycles. The first-order valence-corrected chi connectivity index (χ1v) is 5.44. The van der Waals surface area contributed by atoms with E-state index in [1.54, 1.807) is 6.07 Å². The maximum absolute atomic E-state index is 11.4. The molecule has 1 aliphatic rings. The number of carbonyl (C=O) groups excluding carboxylic acids is 1. The lowest BCUT2D eigenvalue weighted by Crippen LogP contribution is -2.19. The van der Waals surface area contributed by atoms with Crippen LogP contribution in [-0.4, -0.2) is 25.0 Å². The van der Waals surface area contributed by atoms with Gasteiger partial charge in [0.15, 0.2) is 11.1 Å². The largest absolute Gasteiger partial charge is 0.369 e. The average molecular weight is 234 g/mol. The summed E-state index contributed by atoms with van der Waals surface area (Å²) in [5.41, 5.74) is 9.40. The number of benzene rings is 1. The van der Waals surface area contributed by atoms with Crippen LogP contribution in [0.5, 0.6) is 0 Å². The average Bonchev–Trinajstić information content (AvgIpc) is 2.27. The number of carbonyl (C=O) groups is 1. The highest BCUT2D eigenvalue weighted by molar-refractivity contribution is 7.79. The van der Waals surface area contributed by atoms with Crippen LogP contribution in [0.15, 0.2) is 29.2 Å². The van der Waals surface area contributed by atoms with Crippen LogP contribution in [-0.2, 0) is 15.9 Å². The van der Waals surface area contributed by atoms with Gasteiger partial charge in [-0.05, 0) is 24.3 Å². The zero-order valence-electron chi connectivity index (χ0n) is 7.95. The van der Waals surface area contributed by atoms with E-state index in [-0.39, 0.29) is 10.6 Å². The number of hydrogen-bond donors (Lipinski definition) is 1. The van der Waals surface area contributed by atoms with Crippen LogP contribution < -0.4 is 0 Å². The first-order chi connectivity index (χ1) is 7.65. The summed E-state index contributed by atoms with van der Waals surface area (Å²) >= 11 is -2.15. The highest BCUT2D eigenvalue weighted by atomic mass is 32.2. The van der Waals surface area contributed by atoms with Crippen LogP contribution in [0.3, 0.4) is 0 Å². The van der Waals surface area contributed by atoms with Crippen LogP contribution in [0, 0.1) is 0 Å². The Morgan fingerprint density at radius 2 is 2.06 bits per heavy atom. The zero-order chi connectivity index (χ0) is 11.7. The number of ketones is 1. The van der Waals surface area contributed by atoms with Crippen molar-refractivity contribution >= 4 is 28.7 Å². The lowest BCUT2D eigenvalue weighted by molar-refractivity contribution is -0.112. The first kappa shape index (κ1) is 10.6. The second kappa shape index (κ2) is 3.94. The molecule has 1 aromatic rings. The standard InChI is InChI=1S/C10H6N2O3S/c11-12-10-7-2-1-3-9(16(14)15)6(7)4-5-8(10)13/h1-5H,(H,14,15). The number of hydrogen-bond acceptors (Lipinski definition) is 2. The smallest absolute Gasteiger partial charge is 0.361 e. The molecule has 80 valence electrons. The zero-order valence-corrected chi connectivity index (χ0v) is 8.77. The Kier molecular flexibility index (Phi) is 2.62. The molecule has 0 heterocycles. The fourth-order valence-electron chi connectivity index (χ4n) is 1.55. The molecule has 0 radical (unpaired) electrons. The lowest BCUT2D eigenvalue weighted by Gasteiger charge is -2.08. The summed E-state index contributed by atoms with van der Waals surface area (Å²) < 4.78 is 20.1. The first-order valence-electron chi connectivity index (χ1n) is 4.34. The van der Waals surface area contributed by atoms with Crippen molar-refractivity contribution in [3.05, 3.63) is 40.9 Å². The van der Waals surface area contributed by atoms with E-state index in [0.29, 0.717) is 11.1 Å². The van der Waals surface area contributed by atoms with Crippen LogP contribution >= 0.6 is 0 Å². The molecule has 5 nitrogen and oxygen atoms in total. The summed E-state index contributed by atoms with van der Waals surface area (Å²) in [5.74, 6) is -0.434. The van der Waals surface area contributed by atoms with Crippen molar-refractivity contribution in [3.63, 3.8) is 0 Å². The number of nitrogens with zero attached hydrogens (tertiary/aromatic N) is 2. The molecule has 1 N–H and O–H groups in total. The molecular formula is C10H6N2O3S. The monoisotopic (exact) mass is 234 g/mol. The predicted molar refractivity (Wildman–Crippen MR) is 57.2 cm³/mol. The van der Waals surface area contributed by atoms with Crippen molar-refractivity contribution in [2.24, 2.45) is 0 Å². The van der Waals surface area contributed by atoms with Gasteiger partial charge in [-0.2, -0.15) is 4.79 Å². The van der Waals surface area contributed by atoms with E-state index in [0.717, 1.165) is 0 Å². The van der Waals surface area contributed by atoms with Gasteiger partial charge >= 0.3 is 5.71 Å². The van der Waals surface area contributed by atoms with Crippen LogP contribution in [0.1, 0.15) is 11.1 Å². The minimum Gasteiger partial charge on any atom is -0.361 e. The highest BCUT2D eigenvalue weighted by Gasteiger charge is 2.28. The van der Waals surface area contributed by atoms with Gasteiger partial charge in [-0.1, -0.05) is 6.07 Å². The minimum absolute atomic E-state index is 0.121. The fraction of sp³-hybridized carbons (Fsp3) is 0. The normalized spacial score (nSPS) is 15.6. The van der Waals surface area contributed by atoms with Crippen LogP contribution in [0.4, 0.5) is 0 Å². The molecule has 0 aliphatic heterocycles. The van der Waals surface area contributed by atoms with Gasteiger partial charge in [0.2, 0.25) is 0 Å². The molecule has 0 amide bonds. The second-order valence-electron chi connectivity index (χ2n) is 3.11. The van der Waals surface area contributed by atoms with Crippen LogP contribution in [0.25, 0.3) is 11.6 Å². The summed E-state index contributed by atoms with van der Waals surface area (Å²) in [6, 6.07) is 4.56. The lowest BCUT2D eigenvalue weighted by atomic mass is 9.95. The van der Waals surface area contributed by atoms with Gasteiger partial charge in [0, 0.05) is 5.56 Å². The quantitative estimate of drug-likeness (QED) is 0.444. The molecule has 1 aromatic carbocycles. The minimum atomic E-state index is -2.15. The van der Waals surface area contributed by atoms with Gasteiger partial charge < -0.3 is 10.1 Å². The Hall–Kier alpha value is -1.88. The molecule has 2 rings (SSSR count). The maximum Gasteiger partial charge on any atom is 0.369 e. The van der Waals surface area contributed by atoms with E-state index in [9.17, 15) is 9.00 Å². The van der Waals surface area contributed by atoms with Gasteiger partial charge in [0.05, 0.1) is 10.5 Å². The molecule has 0 saturated carbocycles. The summed E-state index contributed by atoms with van der Waals surface area (Å²) in [6.45, 7) is 0. The topological polar surface area (TPSA) is 90.8 Å². The summed E-state index contributed by atoms with van der Waals surface area (Å²) in [4.78, 5) is 14.4. The van der Waals surface area contributed by atoms with Crippen molar-refractivity contribution < 1.29 is 18.3 Å². The SMILES string of the molecule is [N-]=[N+]=C1C(=O)C=Cc2c1cccc2S(=O)O. The van der Waals surface area contributed by atoms with Gasteiger partial charge in [0.25, 0.3) is 5.78 Å². The molecule has 6 heteroatoms. The Morgan fingerprint density at radius 1 is 1.31 bits per heavy atom. The molecule has 0 aromatic heterocycles. The summed E-state index contributed by atoms with van der Waals surface area (Å²) in [7, 11) is 0. The third-order valence-corrected chi connectivity index (χ3v) is 2.98. The Labute approximate surface area is 93.3 Å². The van der Waals surface area contributed by atoms with Gasteiger partial charge in [0.1, 0.15) is 0 Å². The Morgan fingerprint density at radius 3 is 2.69 bits per heavy atom. The van der Waals surface area contributed by atoms with Gasteiger partial charge in [-0.3, -0.25) is 4.79 Å². The van der Waals surface area contributed by atoms with E-state index in [1.165, 1.54) is 24.3 Å². The third-order valence-electron chi connectivity index (χ3n) is 2.24. The predicted octanol–water partition coefficient (Wildman–Crippen LogP) is 0.882. The molecule has 0 fully saturated rings. The second-order valence-corrected chi connectivity index (χ2v) is 4.05. The molecule has 16 heavy (non-hydrogen) atoms. The van der Waals surface area contributed by atoms with Crippen molar-refractivity contribution in [3.8, 4) is 0 Å². The number of fused-ring (bicyclic) bond motifs is 1. The Bertz CT molecular complexity index is 586. The number of allylic oxidation sites excluding steroid dienone is 1. The summed E-state index contributed by atoms with van der Waals surface area (Å²) in [6.07, 6.45) is 2.64. The van der Waals surface area contributed by atoms with Gasteiger partial charge in [-0.15, -0.1) is 0 Å². The molecule has 0 bridgehead atoms. The molecular weight excluding hydrogens is 228 g/mol. The summed E-state index contributed by atoms with van der Waals surface area (Å²) in [5, 5.41) is 0. The molecule has 0 spiro atoms. The van der Waals surface area contributed by atoms with Crippen molar-refractivity contribution in [1.82, 2.24) is 0 Å². The van der Waals surface area contributed by atoms with Crippen molar-refractivity contribution in [1.29, 1.82) is 0 Å². The van der Waals surface area contributed by atoms with E-state index < -0.39 is 16.9 Å². The Balaban J connectivity index is 2.78. The third kappa shape index (κ3) is 1.55. The molecule has 1 unspecified atom stereocenters. The van der Waals surface area contributed by atoms with Gasteiger partial charge in [-0.25, -0.2) is 4.21 Å². The van der Waals surface area contributed by atoms with Crippen molar-refractivity contribution in [2.45, 2.75) is 4.90 Å². The molecule has 1 atom stereocenters.